The van der Waals surface area contributed by atoms with Crippen molar-refractivity contribution < 1.29 is 4.79 Å². The number of nitrogens with one attached hydrogen (secondary N) is 1. The number of hydrogen-bond donors (Lipinski definition) is 1. The molecule has 1 heterocycles. The fraction of sp³-hybridized carbons (Fsp3) is 0.308. The summed E-state index contributed by atoms with van der Waals surface area (Å²) in [4.78, 5) is 15.8. The molecule has 5 nitrogen and oxygen atoms in total. The number of aromatic nitrogens is 3. The van der Waals surface area contributed by atoms with Gasteiger partial charge < -0.3 is 5.32 Å². The number of amides is 1. The van der Waals surface area contributed by atoms with Crippen LogP contribution in [-0.4, -0.2) is 20.7 Å². The van der Waals surface area contributed by atoms with E-state index in [9.17, 15) is 4.79 Å². The van der Waals surface area contributed by atoms with E-state index >= 15 is 0 Å². The van der Waals surface area contributed by atoms with Crippen molar-refractivity contribution in [3.05, 3.63) is 46.5 Å². The summed E-state index contributed by atoms with van der Waals surface area (Å²) in [6.07, 6.45) is 2.86. The van der Waals surface area contributed by atoms with E-state index in [0.29, 0.717) is 15.6 Å². The lowest BCUT2D eigenvalue weighted by molar-refractivity contribution is -0.123. The normalized spacial score (nSPS) is 11.4. The van der Waals surface area contributed by atoms with Crippen molar-refractivity contribution in [3.63, 3.8) is 0 Å². The van der Waals surface area contributed by atoms with Crippen LogP contribution in [0.4, 0.5) is 0 Å². The van der Waals surface area contributed by atoms with E-state index in [1.54, 1.807) is 18.2 Å². The average molecular weight is 313 g/mol. The Labute approximate surface area is 126 Å². The molecule has 2 aromatic rings. The van der Waals surface area contributed by atoms with Crippen molar-refractivity contribution in [1.29, 1.82) is 0 Å². The zero-order valence-corrected chi connectivity index (χ0v) is 12.6. The first-order valence-corrected chi connectivity index (χ1v) is 6.73. The molecule has 106 valence electrons. The van der Waals surface area contributed by atoms with Gasteiger partial charge in [0.2, 0.25) is 5.91 Å². The number of halogens is 2. The van der Waals surface area contributed by atoms with Crippen LogP contribution in [0.15, 0.2) is 30.9 Å². The van der Waals surface area contributed by atoms with Crippen LogP contribution in [0, 0.1) is 0 Å². The number of carbonyl (C=O) groups excluding carboxylic acids is 1. The molecule has 0 saturated heterocycles. The first kappa shape index (κ1) is 14.8. The van der Waals surface area contributed by atoms with Crippen molar-refractivity contribution in [1.82, 2.24) is 20.1 Å². The van der Waals surface area contributed by atoms with Crippen molar-refractivity contribution in [2.24, 2.45) is 0 Å². The molecule has 0 aliphatic heterocycles. The molecule has 0 aliphatic carbocycles. The highest BCUT2D eigenvalue weighted by atomic mass is 35.5. The lowest BCUT2D eigenvalue weighted by Crippen LogP contribution is -2.43. The summed E-state index contributed by atoms with van der Waals surface area (Å²) in [5, 5.41) is 7.82. The Bertz CT molecular complexity index is 591. The molecule has 0 radical (unpaired) electrons. The third-order valence-electron chi connectivity index (χ3n) is 2.81. The summed E-state index contributed by atoms with van der Waals surface area (Å²) in [5.41, 5.74) is 0.00266. The molecular weight excluding hydrogens is 299 g/mol. The Balaban J connectivity index is 2.16. The van der Waals surface area contributed by atoms with E-state index in [4.69, 9.17) is 23.2 Å². The van der Waals surface area contributed by atoms with Crippen LogP contribution in [0.25, 0.3) is 0 Å². The van der Waals surface area contributed by atoms with Gasteiger partial charge >= 0.3 is 0 Å². The molecule has 1 aromatic carbocycles. The van der Waals surface area contributed by atoms with E-state index < -0.39 is 5.54 Å². The van der Waals surface area contributed by atoms with E-state index in [1.165, 1.54) is 17.3 Å². The Morgan fingerprint density at radius 2 is 2.00 bits per heavy atom. The van der Waals surface area contributed by atoms with Crippen molar-refractivity contribution in [2.45, 2.75) is 25.9 Å². The van der Waals surface area contributed by atoms with Gasteiger partial charge in [-0.15, -0.1) is 0 Å². The van der Waals surface area contributed by atoms with Crippen molar-refractivity contribution in [2.75, 3.05) is 0 Å². The van der Waals surface area contributed by atoms with Crippen LogP contribution in [0.5, 0.6) is 0 Å². The molecular formula is C13H14Cl2N4O. The predicted molar refractivity (Wildman–Crippen MR) is 77.7 cm³/mol. The molecule has 1 N–H and O–H groups in total. The standard InChI is InChI=1S/C13H14Cl2N4O/c1-13(2,12-9(14)4-3-5-10(12)15)18-11(20)6-19-8-16-7-17-19/h3-5,7-8H,6H2,1-2H3,(H,18,20). The van der Waals surface area contributed by atoms with Crippen LogP contribution in [0.2, 0.25) is 10.0 Å². The molecule has 0 atom stereocenters. The molecule has 1 amide bonds. The maximum absolute atomic E-state index is 12.0. The summed E-state index contributed by atoms with van der Waals surface area (Å²) >= 11 is 12.4. The van der Waals surface area contributed by atoms with E-state index in [1.807, 2.05) is 13.8 Å². The van der Waals surface area contributed by atoms with E-state index in [-0.39, 0.29) is 12.5 Å². The van der Waals surface area contributed by atoms with Crippen molar-refractivity contribution >= 4 is 29.1 Å². The molecule has 0 bridgehead atoms. The quantitative estimate of drug-likeness (QED) is 0.944. The SMILES string of the molecule is CC(C)(NC(=O)Cn1cncn1)c1c(Cl)cccc1Cl. The fourth-order valence-corrected chi connectivity index (χ4v) is 2.88. The monoisotopic (exact) mass is 312 g/mol. The smallest absolute Gasteiger partial charge is 0.242 e. The molecule has 0 aliphatic rings. The van der Waals surface area contributed by atoms with Crippen LogP contribution >= 0.6 is 23.2 Å². The molecule has 7 heteroatoms. The highest BCUT2D eigenvalue weighted by Crippen LogP contribution is 2.33. The van der Waals surface area contributed by atoms with Gasteiger partial charge in [-0.05, 0) is 26.0 Å². The fourth-order valence-electron chi connectivity index (χ4n) is 2.01. The Morgan fingerprint density at radius 1 is 1.35 bits per heavy atom. The van der Waals surface area contributed by atoms with Gasteiger partial charge in [-0.3, -0.25) is 4.79 Å². The summed E-state index contributed by atoms with van der Waals surface area (Å²) < 4.78 is 1.44. The number of rotatable bonds is 4. The van der Waals surface area contributed by atoms with Crippen LogP contribution < -0.4 is 5.32 Å². The maximum Gasteiger partial charge on any atom is 0.242 e. The molecule has 20 heavy (non-hydrogen) atoms. The minimum absolute atomic E-state index is 0.0888. The predicted octanol–water partition coefficient (Wildman–Crippen LogP) is 2.64. The van der Waals surface area contributed by atoms with Crippen LogP contribution in [0.1, 0.15) is 19.4 Å². The summed E-state index contributed by atoms with van der Waals surface area (Å²) in [6, 6.07) is 5.25. The number of benzene rings is 1. The largest absolute Gasteiger partial charge is 0.345 e. The second kappa shape index (κ2) is 5.81. The number of hydrogen-bond acceptors (Lipinski definition) is 3. The maximum atomic E-state index is 12.0. The zero-order valence-electron chi connectivity index (χ0n) is 11.1. The van der Waals surface area contributed by atoms with Gasteiger partial charge in [0.15, 0.2) is 0 Å². The third-order valence-corrected chi connectivity index (χ3v) is 3.44. The van der Waals surface area contributed by atoms with Gasteiger partial charge in [0.1, 0.15) is 19.2 Å². The summed E-state index contributed by atoms with van der Waals surface area (Å²) in [7, 11) is 0. The van der Waals surface area contributed by atoms with Gasteiger partial charge in [-0.25, -0.2) is 9.67 Å². The highest BCUT2D eigenvalue weighted by Gasteiger charge is 2.27. The van der Waals surface area contributed by atoms with Gasteiger partial charge in [0.05, 0.1) is 5.54 Å². The average Bonchev–Trinajstić information content (AvgIpc) is 2.79. The Hall–Kier alpha value is -1.59. The van der Waals surface area contributed by atoms with E-state index in [2.05, 4.69) is 15.4 Å². The molecule has 0 saturated carbocycles. The summed E-state index contributed by atoms with van der Waals surface area (Å²) in [6.45, 7) is 3.78. The number of nitrogens with zero attached hydrogens (tertiary/aromatic N) is 3. The first-order chi connectivity index (χ1) is 9.40. The number of carbonyl (C=O) groups is 1. The second-order valence-electron chi connectivity index (χ2n) is 4.86. The molecule has 0 fully saturated rings. The lowest BCUT2D eigenvalue weighted by atomic mass is 9.94. The topological polar surface area (TPSA) is 59.8 Å². The van der Waals surface area contributed by atoms with E-state index in [0.717, 1.165) is 0 Å². The molecule has 0 unspecified atom stereocenters. The Kier molecular flexibility index (Phi) is 4.30. The second-order valence-corrected chi connectivity index (χ2v) is 5.68. The van der Waals surface area contributed by atoms with Gasteiger partial charge in [-0.1, -0.05) is 29.3 Å². The third kappa shape index (κ3) is 3.29. The van der Waals surface area contributed by atoms with Crippen LogP contribution in [-0.2, 0) is 16.9 Å². The Morgan fingerprint density at radius 3 is 2.55 bits per heavy atom. The molecule has 1 aromatic heterocycles. The van der Waals surface area contributed by atoms with Gasteiger partial charge in [0.25, 0.3) is 0 Å². The highest BCUT2D eigenvalue weighted by molar-refractivity contribution is 6.36. The lowest BCUT2D eigenvalue weighted by Gasteiger charge is -2.28. The van der Waals surface area contributed by atoms with Crippen molar-refractivity contribution in [3.8, 4) is 0 Å². The first-order valence-electron chi connectivity index (χ1n) is 5.98. The summed E-state index contributed by atoms with van der Waals surface area (Å²) in [5.74, 6) is -0.198. The van der Waals surface area contributed by atoms with Crippen LogP contribution in [0.3, 0.4) is 0 Å². The molecule has 0 spiro atoms. The minimum Gasteiger partial charge on any atom is -0.345 e. The van der Waals surface area contributed by atoms with Gasteiger partial charge in [0, 0.05) is 15.6 Å². The van der Waals surface area contributed by atoms with Gasteiger partial charge in [-0.2, -0.15) is 5.10 Å². The zero-order chi connectivity index (χ0) is 14.8. The minimum atomic E-state index is -0.687. The molecule has 2 rings (SSSR count).